The maximum atomic E-state index is 6.12. The molecule has 0 fully saturated rings. The third kappa shape index (κ3) is 2.32. The summed E-state index contributed by atoms with van der Waals surface area (Å²) in [6.07, 6.45) is 2.05. The predicted octanol–water partition coefficient (Wildman–Crippen LogP) is 4.74. The van der Waals surface area contributed by atoms with Crippen LogP contribution in [0.25, 0.3) is 10.9 Å². The molecule has 19 heavy (non-hydrogen) atoms. The average Bonchev–Trinajstić information content (AvgIpc) is 2.84. The van der Waals surface area contributed by atoms with Gasteiger partial charge in [-0.25, -0.2) is 0 Å². The highest BCUT2D eigenvalue weighted by atomic mass is 35.5. The summed E-state index contributed by atoms with van der Waals surface area (Å²) in [7, 11) is 0. The van der Waals surface area contributed by atoms with Gasteiger partial charge in [0.25, 0.3) is 0 Å². The van der Waals surface area contributed by atoms with Gasteiger partial charge in [-0.1, -0.05) is 35.9 Å². The topological polar surface area (TPSA) is 27.8 Å². The van der Waals surface area contributed by atoms with E-state index in [4.69, 9.17) is 11.6 Å². The molecule has 0 aliphatic carbocycles. The maximum Gasteiger partial charge on any atom is 0.0457 e. The van der Waals surface area contributed by atoms with Gasteiger partial charge in [-0.15, -0.1) is 0 Å². The number of H-pyrrole nitrogens is 1. The number of anilines is 1. The van der Waals surface area contributed by atoms with Crippen LogP contribution in [0.4, 0.5) is 5.69 Å². The third-order valence-corrected chi connectivity index (χ3v) is 3.82. The van der Waals surface area contributed by atoms with Crippen molar-refractivity contribution in [2.75, 3.05) is 5.32 Å². The Labute approximate surface area is 117 Å². The van der Waals surface area contributed by atoms with Crippen LogP contribution in [0.5, 0.6) is 0 Å². The van der Waals surface area contributed by atoms with Crippen LogP contribution < -0.4 is 5.32 Å². The fraction of sp³-hybridized carbons (Fsp3) is 0.125. The third-order valence-electron chi connectivity index (χ3n) is 3.41. The number of benzene rings is 2. The summed E-state index contributed by atoms with van der Waals surface area (Å²) < 4.78 is 0. The number of aromatic nitrogens is 1. The summed E-state index contributed by atoms with van der Waals surface area (Å²) in [6.45, 7) is 2.81. The van der Waals surface area contributed by atoms with Crippen LogP contribution in [0.2, 0.25) is 5.02 Å². The summed E-state index contributed by atoms with van der Waals surface area (Å²) >= 11 is 6.12. The zero-order valence-electron chi connectivity index (χ0n) is 10.7. The molecule has 0 saturated heterocycles. The molecule has 1 aromatic heterocycles. The van der Waals surface area contributed by atoms with Crippen LogP contribution >= 0.6 is 11.6 Å². The Hall–Kier alpha value is -1.93. The summed E-state index contributed by atoms with van der Waals surface area (Å²) in [5, 5.41) is 5.50. The number of para-hydroxylation sites is 1. The highest BCUT2D eigenvalue weighted by Crippen LogP contribution is 2.24. The number of nitrogens with one attached hydrogen (secondary N) is 2. The van der Waals surface area contributed by atoms with E-state index in [0.29, 0.717) is 0 Å². The molecule has 0 saturated carbocycles. The SMILES string of the molecule is Cc1c(Cl)cccc1NCc1c[nH]c2ccccc12. The van der Waals surface area contributed by atoms with Crippen LogP contribution in [-0.4, -0.2) is 4.98 Å². The second kappa shape index (κ2) is 4.98. The zero-order valence-corrected chi connectivity index (χ0v) is 11.5. The van der Waals surface area contributed by atoms with Crippen LogP contribution in [0.15, 0.2) is 48.7 Å². The first-order valence-electron chi connectivity index (χ1n) is 6.29. The lowest BCUT2D eigenvalue weighted by Gasteiger charge is -2.10. The minimum absolute atomic E-state index is 0.783. The van der Waals surface area contributed by atoms with Gasteiger partial charge in [0.2, 0.25) is 0 Å². The minimum atomic E-state index is 0.783. The van der Waals surface area contributed by atoms with Gasteiger partial charge < -0.3 is 10.3 Å². The Kier molecular flexibility index (Phi) is 3.18. The molecule has 3 heteroatoms. The van der Waals surface area contributed by atoms with Crippen molar-refractivity contribution in [2.24, 2.45) is 0 Å². The minimum Gasteiger partial charge on any atom is -0.381 e. The molecule has 3 aromatic rings. The van der Waals surface area contributed by atoms with E-state index in [1.54, 1.807) is 0 Å². The lowest BCUT2D eigenvalue weighted by atomic mass is 10.1. The van der Waals surface area contributed by atoms with Crippen molar-refractivity contribution in [2.45, 2.75) is 13.5 Å². The molecule has 0 aliphatic heterocycles. The standard InChI is InChI=1S/C16H15ClN2/c1-11-14(17)6-4-8-15(11)18-9-12-10-19-16-7-3-2-5-13(12)16/h2-8,10,18-19H,9H2,1H3. The number of rotatable bonds is 3. The fourth-order valence-corrected chi connectivity index (χ4v) is 2.44. The van der Waals surface area contributed by atoms with E-state index in [0.717, 1.165) is 22.8 Å². The van der Waals surface area contributed by atoms with Crippen LogP contribution in [-0.2, 0) is 6.54 Å². The molecule has 0 aliphatic rings. The average molecular weight is 271 g/mol. The van der Waals surface area contributed by atoms with Crippen molar-refractivity contribution in [1.82, 2.24) is 4.98 Å². The van der Waals surface area contributed by atoms with E-state index in [2.05, 4.69) is 40.8 Å². The number of hydrogen-bond donors (Lipinski definition) is 2. The summed E-state index contributed by atoms with van der Waals surface area (Å²) in [6, 6.07) is 14.2. The van der Waals surface area contributed by atoms with E-state index in [-0.39, 0.29) is 0 Å². The molecule has 2 nitrogen and oxygen atoms in total. The molecule has 0 spiro atoms. The molecule has 2 aromatic carbocycles. The van der Waals surface area contributed by atoms with Crippen molar-refractivity contribution >= 4 is 28.2 Å². The highest BCUT2D eigenvalue weighted by Gasteiger charge is 2.05. The molecular formula is C16H15ClN2. The monoisotopic (exact) mass is 270 g/mol. The van der Waals surface area contributed by atoms with Crippen molar-refractivity contribution in [3.63, 3.8) is 0 Å². The number of fused-ring (bicyclic) bond motifs is 1. The van der Waals surface area contributed by atoms with Gasteiger partial charge in [0.1, 0.15) is 0 Å². The molecular weight excluding hydrogens is 256 g/mol. The van der Waals surface area contributed by atoms with Crippen molar-refractivity contribution in [1.29, 1.82) is 0 Å². The molecule has 0 unspecified atom stereocenters. The van der Waals surface area contributed by atoms with E-state index in [1.165, 1.54) is 16.5 Å². The van der Waals surface area contributed by atoms with Gasteiger partial charge in [-0.3, -0.25) is 0 Å². The molecule has 0 bridgehead atoms. The Morgan fingerprint density at radius 1 is 1.11 bits per heavy atom. The Bertz CT molecular complexity index is 716. The van der Waals surface area contributed by atoms with Gasteiger partial charge in [-0.05, 0) is 36.2 Å². The smallest absolute Gasteiger partial charge is 0.0457 e. The van der Waals surface area contributed by atoms with Crippen LogP contribution in [0, 0.1) is 6.92 Å². The first-order chi connectivity index (χ1) is 9.25. The van der Waals surface area contributed by atoms with Crippen LogP contribution in [0.1, 0.15) is 11.1 Å². The molecule has 1 heterocycles. The zero-order chi connectivity index (χ0) is 13.2. The quantitative estimate of drug-likeness (QED) is 0.707. The normalized spacial score (nSPS) is 10.8. The molecule has 0 radical (unpaired) electrons. The summed E-state index contributed by atoms with van der Waals surface area (Å²) in [5.41, 5.74) is 4.60. The Morgan fingerprint density at radius 3 is 2.84 bits per heavy atom. The second-order valence-electron chi connectivity index (χ2n) is 4.63. The van der Waals surface area contributed by atoms with E-state index in [9.17, 15) is 0 Å². The first-order valence-corrected chi connectivity index (χ1v) is 6.67. The molecule has 96 valence electrons. The van der Waals surface area contributed by atoms with Gasteiger partial charge >= 0.3 is 0 Å². The largest absolute Gasteiger partial charge is 0.381 e. The highest BCUT2D eigenvalue weighted by molar-refractivity contribution is 6.31. The maximum absolute atomic E-state index is 6.12. The van der Waals surface area contributed by atoms with Crippen LogP contribution in [0.3, 0.4) is 0 Å². The Morgan fingerprint density at radius 2 is 1.95 bits per heavy atom. The number of halogens is 1. The Balaban J connectivity index is 1.84. The molecule has 2 N–H and O–H groups in total. The van der Waals surface area contributed by atoms with Crippen molar-refractivity contribution in [3.05, 3.63) is 64.8 Å². The lowest BCUT2D eigenvalue weighted by molar-refractivity contribution is 1.15. The van der Waals surface area contributed by atoms with Gasteiger partial charge in [0.15, 0.2) is 0 Å². The summed E-state index contributed by atoms with van der Waals surface area (Å²) in [4.78, 5) is 3.28. The second-order valence-corrected chi connectivity index (χ2v) is 5.03. The summed E-state index contributed by atoms with van der Waals surface area (Å²) in [5.74, 6) is 0. The predicted molar refractivity (Wildman–Crippen MR) is 81.8 cm³/mol. The molecule has 3 rings (SSSR count). The number of hydrogen-bond acceptors (Lipinski definition) is 1. The van der Waals surface area contributed by atoms with E-state index >= 15 is 0 Å². The van der Waals surface area contributed by atoms with Crippen molar-refractivity contribution < 1.29 is 0 Å². The van der Waals surface area contributed by atoms with Gasteiger partial charge in [0.05, 0.1) is 0 Å². The van der Waals surface area contributed by atoms with Gasteiger partial charge in [0, 0.05) is 34.4 Å². The van der Waals surface area contributed by atoms with Crippen molar-refractivity contribution in [3.8, 4) is 0 Å². The molecule has 0 amide bonds. The number of aromatic amines is 1. The van der Waals surface area contributed by atoms with Gasteiger partial charge in [-0.2, -0.15) is 0 Å². The lowest BCUT2D eigenvalue weighted by Crippen LogP contribution is -2.00. The van der Waals surface area contributed by atoms with E-state index < -0.39 is 0 Å². The first kappa shape index (κ1) is 12.1. The fourth-order valence-electron chi connectivity index (χ4n) is 2.27. The van der Waals surface area contributed by atoms with E-state index in [1.807, 2.05) is 25.1 Å². The molecule has 0 atom stereocenters.